The van der Waals surface area contributed by atoms with Crippen molar-refractivity contribution >= 4 is 27.3 Å². The summed E-state index contributed by atoms with van der Waals surface area (Å²) in [6.45, 7) is 5.45. The molecule has 1 amide bonds. The van der Waals surface area contributed by atoms with Crippen LogP contribution in [-0.2, 0) is 14.8 Å². The van der Waals surface area contributed by atoms with Crippen LogP contribution in [0.25, 0.3) is 0 Å². The number of rotatable bonds is 10. The Morgan fingerprint density at radius 1 is 1.13 bits per heavy atom. The molecule has 1 atom stereocenters. The van der Waals surface area contributed by atoms with Crippen molar-refractivity contribution in [3.63, 3.8) is 0 Å². The second-order valence-electron chi connectivity index (χ2n) is 6.39. The lowest BCUT2D eigenvalue weighted by atomic mass is 10.2. The smallest absolute Gasteiger partial charge is 0.247 e. The molecule has 0 saturated heterocycles. The molecule has 30 heavy (non-hydrogen) atoms. The Hall–Kier alpha value is -3.20. The Kier molecular flexibility index (Phi) is 7.71. The van der Waals surface area contributed by atoms with Gasteiger partial charge >= 0.3 is 0 Å². The van der Waals surface area contributed by atoms with Crippen molar-refractivity contribution in [2.75, 3.05) is 36.7 Å². The van der Waals surface area contributed by atoms with Gasteiger partial charge in [-0.05, 0) is 43.3 Å². The molecule has 2 aromatic carbocycles. The highest BCUT2D eigenvalue weighted by atomic mass is 32.2. The monoisotopic (exact) mass is 434 g/mol. The first kappa shape index (κ1) is 23.1. The second kappa shape index (κ2) is 10.0. The first-order valence-corrected chi connectivity index (χ1v) is 10.9. The van der Waals surface area contributed by atoms with Gasteiger partial charge in [-0.2, -0.15) is 0 Å². The van der Waals surface area contributed by atoms with Crippen molar-refractivity contribution < 1.29 is 27.4 Å². The Bertz CT molecular complexity index is 989. The number of sulfonamides is 1. The van der Waals surface area contributed by atoms with Gasteiger partial charge in [0.1, 0.15) is 29.9 Å². The number of ether oxygens (including phenoxy) is 3. The van der Waals surface area contributed by atoms with E-state index in [1.807, 2.05) is 0 Å². The number of benzene rings is 2. The van der Waals surface area contributed by atoms with Crippen LogP contribution in [-0.4, -0.2) is 47.4 Å². The predicted octanol–water partition coefficient (Wildman–Crippen LogP) is 3.06. The van der Waals surface area contributed by atoms with Crippen LogP contribution < -0.4 is 23.8 Å². The molecule has 2 rings (SSSR count). The molecule has 0 saturated carbocycles. The molecule has 1 unspecified atom stereocenters. The molecule has 0 aliphatic carbocycles. The maximum atomic E-state index is 12.9. The molecule has 0 aliphatic heterocycles. The first-order valence-electron chi connectivity index (χ1n) is 9.07. The number of nitrogens with one attached hydrogen (secondary N) is 1. The maximum absolute atomic E-state index is 12.9. The molecule has 8 nitrogen and oxygen atoms in total. The summed E-state index contributed by atoms with van der Waals surface area (Å²) in [4.78, 5) is 12.9. The van der Waals surface area contributed by atoms with Gasteiger partial charge in [0.25, 0.3) is 0 Å². The summed E-state index contributed by atoms with van der Waals surface area (Å²) < 4.78 is 42.0. The molecule has 0 spiro atoms. The molecule has 1 N–H and O–H groups in total. The fourth-order valence-corrected chi connectivity index (χ4v) is 3.96. The van der Waals surface area contributed by atoms with Crippen LogP contribution in [0.3, 0.4) is 0 Å². The standard InChI is InChI=1S/C21H26N2O6S/c1-6-13-29-17-9-7-16(8-10-17)22-21(24)15(2)23(30(5,25)26)19-14-18(27-3)11-12-20(19)28-4/h6-12,14-15H,1,13H2,2-5H3,(H,22,24). The number of carbonyl (C=O) groups is 1. The van der Waals surface area contributed by atoms with E-state index in [9.17, 15) is 13.2 Å². The lowest BCUT2D eigenvalue weighted by Crippen LogP contribution is -2.45. The SMILES string of the molecule is C=CCOc1ccc(NC(=O)C(C)N(c2cc(OC)ccc2OC)S(C)(=O)=O)cc1. The summed E-state index contributed by atoms with van der Waals surface area (Å²) in [5.74, 6) is 0.844. The van der Waals surface area contributed by atoms with Gasteiger partial charge in [-0.25, -0.2) is 8.42 Å². The number of anilines is 2. The van der Waals surface area contributed by atoms with Gasteiger partial charge in [-0.3, -0.25) is 9.10 Å². The molecule has 0 aromatic heterocycles. The summed E-state index contributed by atoms with van der Waals surface area (Å²) in [6, 6.07) is 10.4. The molecule has 162 valence electrons. The molecule has 0 bridgehead atoms. The van der Waals surface area contributed by atoms with Crippen LogP contribution >= 0.6 is 0 Å². The Morgan fingerprint density at radius 2 is 1.77 bits per heavy atom. The van der Waals surface area contributed by atoms with E-state index in [1.54, 1.807) is 42.5 Å². The Labute approximate surface area is 177 Å². The highest BCUT2D eigenvalue weighted by Crippen LogP contribution is 2.35. The average Bonchev–Trinajstić information content (AvgIpc) is 2.72. The minimum Gasteiger partial charge on any atom is -0.497 e. The van der Waals surface area contributed by atoms with Crippen LogP contribution in [0.15, 0.2) is 55.1 Å². The van der Waals surface area contributed by atoms with E-state index in [4.69, 9.17) is 14.2 Å². The van der Waals surface area contributed by atoms with Crippen molar-refractivity contribution in [2.24, 2.45) is 0 Å². The fraction of sp³-hybridized carbons (Fsp3) is 0.286. The Balaban J connectivity index is 2.31. The molecular weight excluding hydrogens is 408 g/mol. The normalized spacial score (nSPS) is 11.9. The maximum Gasteiger partial charge on any atom is 0.247 e. The number of methoxy groups -OCH3 is 2. The summed E-state index contributed by atoms with van der Waals surface area (Å²) in [7, 11) is -0.931. The second-order valence-corrected chi connectivity index (χ2v) is 8.25. The van der Waals surface area contributed by atoms with Crippen LogP contribution in [0.5, 0.6) is 17.2 Å². The van der Waals surface area contributed by atoms with E-state index < -0.39 is 22.0 Å². The van der Waals surface area contributed by atoms with Crippen LogP contribution in [0.2, 0.25) is 0 Å². The minimum absolute atomic E-state index is 0.204. The zero-order valence-corrected chi connectivity index (χ0v) is 18.2. The summed E-state index contributed by atoms with van der Waals surface area (Å²) in [6.07, 6.45) is 2.66. The number of nitrogens with zero attached hydrogens (tertiary/aromatic N) is 1. The number of hydrogen-bond donors (Lipinski definition) is 1. The van der Waals surface area contributed by atoms with Crippen LogP contribution in [0.4, 0.5) is 11.4 Å². The van der Waals surface area contributed by atoms with Gasteiger partial charge in [0.2, 0.25) is 15.9 Å². The minimum atomic E-state index is -3.82. The van der Waals surface area contributed by atoms with Gasteiger partial charge in [0, 0.05) is 11.8 Å². The van der Waals surface area contributed by atoms with Gasteiger partial charge < -0.3 is 19.5 Å². The topological polar surface area (TPSA) is 94.2 Å². The highest BCUT2D eigenvalue weighted by Gasteiger charge is 2.31. The fourth-order valence-electron chi connectivity index (χ4n) is 2.79. The summed E-state index contributed by atoms with van der Waals surface area (Å²) >= 11 is 0. The van der Waals surface area contributed by atoms with Crippen LogP contribution in [0, 0.1) is 0 Å². The molecule has 0 fully saturated rings. The van der Waals surface area contributed by atoms with Crippen molar-refractivity contribution in [3.8, 4) is 17.2 Å². The van der Waals surface area contributed by atoms with Crippen LogP contribution in [0.1, 0.15) is 6.92 Å². The molecular formula is C21H26N2O6S. The van der Waals surface area contributed by atoms with Gasteiger partial charge in [0.15, 0.2) is 0 Å². The zero-order chi connectivity index (χ0) is 22.3. The molecule has 2 aromatic rings. The van der Waals surface area contributed by atoms with Crippen molar-refractivity contribution in [1.29, 1.82) is 0 Å². The van der Waals surface area contributed by atoms with E-state index in [0.29, 0.717) is 29.5 Å². The molecule has 0 aliphatic rings. The predicted molar refractivity (Wildman–Crippen MR) is 117 cm³/mol. The molecule has 9 heteroatoms. The number of amides is 1. The van der Waals surface area contributed by atoms with Gasteiger partial charge in [0.05, 0.1) is 26.2 Å². The average molecular weight is 435 g/mol. The van der Waals surface area contributed by atoms with Crippen molar-refractivity contribution in [1.82, 2.24) is 0 Å². The van der Waals surface area contributed by atoms with E-state index in [-0.39, 0.29) is 5.69 Å². The van der Waals surface area contributed by atoms with E-state index >= 15 is 0 Å². The first-order chi connectivity index (χ1) is 14.2. The molecule has 0 radical (unpaired) electrons. The van der Waals surface area contributed by atoms with E-state index in [1.165, 1.54) is 27.2 Å². The third kappa shape index (κ3) is 5.66. The third-order valence-electron chi connectivity index (χ3n) is 4.20. The number of hydrogen-bond acceptors (Lipinski definition) is 6. The van der Waals surface area contributed by atoms with Gasteiger partial charge in [-0.15, -0.1) is 0 Å². The van der Waals surface area contributed by atoms with Crippen molar-refractivity contribution in [3.05, 3.63) is 55.1 Å². The largest absolute Gasteiger partial charge is 0.497 e. The summed E-state index contributed by atoms with van der Waals surface area (Å²) in [5.41, 5.74) is 0.707. The quantitative estimate of drug-likeness (QED) is 0.578. The zero-order valence-electron chi connectivity index (χ0n) is 17.4. The van der Waals surface area contributed by atoms with Crippen molar-refractivity contribution in [2.45, 2.75) is 13.0 Å². The number of carbonyl (C=O) groups excluding carboxylic acids is 1. The Morgan fingerprint density at radius 3 is 2.30 bits per heavy atom. The third-order valence-corrected chi connectivity index (χ3v) is 5.43. The summed E-state index contributed by atoms with van der Waals surface area (Å²) in [5, 5.41) is 2.72. The lowest BCUT2D eigenvalue weighted by Gasteiger charge is -2.29. The van der Waals surface area contributed by atoms with E-state index in [0.717, 1.165) is 10.6 Å². The van der Waals surface area contributed by atoms with Gasteiger partial charge in [-0.1, -0.05) is 12.7 Å². The lowest BCUT2D eigenvalue weighted by molar-refractivity contribution is -0.116. The molecule has 0 heterocycles. The highest BCUT2D eigenvalue weighted by molar-refractivity contribution is 7.92. The van der Waals surface area contributed by atoms with E-state index in [2.05, 4.69) is 11.9 Å².